The van der Waals surface area contributed by atoms with E-state index in [9.17, 15) is 5.11 Å². The molecule has 1 N–H and O–H groups in total. The van der Waals surface area contributed by atoms with Crippen LogP contribution in [0.1, 0.15) is 24.8 Å². The number of aliphatic hydroxyl groups is 1. The highest BCUT2D eigenvalue weighted by atomic mass is 16.3. The van der Waals surface area contributed by atoms with Crippen molar-refractivity contribution in [2.24, 2.45) is 0 Å². The van der Waals surface area contributed by atoms with Gasteiger partial charge in [-0.2, -0.15) is 0 Å². The van der Waals surface area contributed by atoms with E-state index in [2.05, 4.69) is 59.5 Å². The van der Waals surface area contributed by atoms with Gasteiger partial charge in [0, 0.05) is 12.6 Å². The highest BCUT2D eigenvalue weighted by Gasteiger charge is 2.22. The Morgan fingerprint density at radius 3 is 2.22 bits per heavy atom. The van der Waals surface area contributed by atoms with Crippen LogP contribution < -0.4 is 0 Å². The van der Waals surface area contributed by atoms with Crippen molar-refractivity contribution in [2.45, 2.75) is 31.8 Å². The number of benzene rings is 3. The highest BCUT2D eigenvalue weighted by Crippen LogP contribution is 2.31. The zero-order valence-corrected chi connectivity index (χ0v) is 13.4. The maximum Gasteiger partial charge on any atom is 0.0586 e. The summed E-state index contributed by atoms with van der Waals surface area (Å²) in [5, 5.41) is 15.0. The fourth-order valence-electron chi connectivity index (χ4n) is 3.96. The van der Waals surface area contributed by atoms with Gasteiger partial charge in [0.15, 0.2) is 0 Å². The minimum Gasteiger partial charge on any atom is -0.395 e. The molecule has 0 radical (unpaired) electrons. The molecule has 1 unspecified atom stereocenters. The molecule has 23 heavy (non-hydrogen) atoms. The van der Waals surface area contributed by atoms with E-state index in [-0.39, 0.29) is 6.61 Å². The van der Waals surface area contributed by atoms with Crippen molar-refractivity contribution in [1.82, 2.24) is 4.90 Å². The molecular formula is C21H23NO. The molecule has 2 nitrogen and oxygen atoms in total. The van der Waals surface area contributed by atoms with Crippen LogP contribution in [-0.2, 0) is 6.54 Å². The van der Waals surface area contributed by atoms with Gasteiger partial charge in [-0.15, -0.1) is 0 Å². The van der Waals surface area contributed by atoms with Crippen LogP contribution in [0, 0.1) is 0 Å². The summed E-state index contributed by atoms with van der Waals surface area (Å²) in [6.07, 6.45) is 3.58. The molecule has 0 aromatic heterocycles. The van der Waals surface area contributed by atoms with Gasteiger partial charge in [-0.25, -0.2) is 0 Å². The first kappa shape index (κ1) is 14.7. The molecule has 0 bridgehead atoms. The molecule has 1 aliphatic heterocycles. The van der Waals surface area contributed by atoms with E-state index in [0.29, 0.717) is 6.04 Å². The topological polar surface area (TPSA) is 23.5 Å². The van der Waals surface area contributed by atoms with E-state index in [0.717, 1.165) is 19.5 Å². The predicted octanol–water partition coefficient (Wildman–Crippen LogP) is 4.34. The van der Waals surface area contributed by atoms with Crippen LogP contribution in [0.5, 0.6) is 0 Å². The summed E-state index contributed by atoms with van der Waals surface area (Å²) < 4.78 is 0. The molecule has 4 rings (SSSR count). The van der Waals surface area contributed by atoms with Crippen LogP contribution in [-0.4, -0.2) is 29.2 Å². The van der Waals surface area contributed by atoms with E-state index >= 15 is 0 Å². The lowest BCUT2D eigenvalue weighted by Crippen LogP contribution is -2.41. The number of hydrogen-bond donors (Lipinski definition) is 1. The first-order chi connectivity index (χ1) is 11.4. The number of piperidine rings is 1. The Kier molecular flexibility index (Phi) is 4.02. The Labute approximate surface area is 137 Å². The van der Waals surface area contributed by atoms with Crippen molar-refractivity contribution >= 4 is 21.5 Å². The van der Waals surface area contributed by atoms with Gasteiger partial charge >= 0.3 is 0 Å². The van der Waals surface area contributed by atoms with Gasteiger partial charge in [0.25, 0.3) is 0 Å². The molecule has 1 fully saturated rings. The largest absolute Gasteiger partial charge is 0.395 e. The molecule has 3 aromatic carbocycles. The third-order valence-corrected chi connectivity index (χ3v) is 5.20. The summed E-state index contributed by atoms with van der Waals surface area (Å²) in [4.78, 5) is 2.47. The number of likely N-dealkylation sites (tertiary alicyclic amines) is 1. The summed E-state index contributed by atoms with van der Waals surface area (Å²) in [5.41, 5.74) is 1.40. The van der Waals surface area contributed by atoms with E-state index < -0.39 is 0 Å². The summed E-state index contributed by atoms with van der Waals surface area (Å²) in [7, 11) is 0. The number of nitrogens with zero attached hydrogens (tertiary/aromatic N) is 1. The van der Waals surface area contributed by atoms with Crippen molar-refractivity contribution in [3.63, 3.8) is 0 Å². The molecular weight excluding hydrogens is 282 g/mol. The molecule has 1 heterocycles. The van der Waals surface area contributed by atoms with Gasteiger partial charge in [0.2, 0.25) is 0 Å². The van der Waals surface area contributed by atoms with Crippen LogP contribution in [0.15, 0.2) is 54.6 Å². The summed E-state index contributed by atoms with van der Waals surface area (Å²) in [6, 6.07) is 19.9. The Balaban J connectivity index is 1.85. The van der Waals surface area contributed by atoms with Gasteiger partial charge in [0.1, 0.15) is 0 Å². The smallest absolute Gasteiger partial charge is 0.0586 e. The second-order valence-corrected chi connectivity index (χ2v) is 6.60. The lowest BCUT2D eigenvalue weighted by Gasteiger charge is -2.35. The summed E-state index contributed by atoms with van der Waals surface area (Å²) in [6.45, 7) is 2.28. The molecule has 0 spiro atoms. The maximum atomic E-state index is 9.72. The van der Waals surface area contributed by atoms with E-state index in [1.165, 1.54) is 39.9 Å². The van der Waals surface area contributed by atoms with Crippen molar-refractivity contribution in [2.75, 3.05) is 13.2 Å². The van der Waals surface area contributed by atoms with Crippen molar-refractivity contribution in [1.29, 1.82) is 0 Å². The van der Waals surface area contributed by atoms with Crippen molar-refractivity contribution < 1.29 is 5.11 Å². The average Bonchev–Trinajstić information content (AvgIpc) is 2.62. The summed E-state index contributed by atoms with van der Waals surface area (Å²) in [5.74, 6) is 0. The second-order valence-electron chi connectivity index (χ2n) is 6.60. The Morgan fingerprint density at radius 1 is 0.913 bits per heavy atom. The molecule has 2 heteroatoms. The molecule has 1 saturated heterocycles. The normalized spacial score (nSPS) is 19.4. The molecule has 1 atom stereocenters. The van der Waals surface area contributed by atoms with E-state index in [1.807, 2.05) is 0 Å². The lowest BCUT2D eigenvalue weighted by atomic mass is 9.95. The zero-order chi connectivity index (χ0) is 15.6. The van der Waals surface area contributed by atoms with Gasteiger partial charge < -0.3 is 5.11 Å². The highest BCUT2D eigenvalue weighted by molar-refractivity contribution is 6.02. The number of rotatable bonds is 3. The molecule has 0 aliphatic carbocycles. The third kappa shape index (κ3) is 2.73. The van der Waals surface area contributed by atoms with Crippen LogP contribution in [0.25, 0.3) is 21.5 Å². The summed E-state index contributed by atoms with van der Waals surface area (Å²) >= 11 is 0. The first-order valence-electron chi connectivity index (χ1n) is 8.61. The van der Waals surface area contributed by atoms with Gasteiger partial charge in [-0.05, 0) is 52.6 Å². The Hall–Kier alpha value is -1.90. The molecule has 3 aromatic rings. The first-order valence-corrected chi connectivity index (χ1v) is 8.61. The van der Waals surface area contributed by atoms with Crippen molar-refractivity contribution in [3.8, 4) is 0 Å². The van der Waals surface area contributed by atoms with Crippen LogP contribution in [0.4, 0.5) is 0 Å². The second kappa shape index (κ2) is 6.31. The average molecular weight is 305 g/mol. The monoisotopic (exact) mass is 305 g/mol. The van der Waals surface area contributed by atoms with Crippen molar-refractivity contribution in [3.05, 3.63) is 60.2 Å². The quantitative estimate of drug-likeness (QED) is 0.728. The van der Waals surface area contributed by atoms with Crippen LogP contribution >= 0.6 is 0 Å². The van der Waals surface area contributed by atoms with Gasteiger partial charge in [-0.1, -0.05) is 55.0 Å². The van der Waals surface area contributed by atoms with Gasteiger partial charge in [-0.3, -0.25) is 4.90 Å². The Morgan fingerprint density at radius 2 is 1.57 bits per heavy atom. The fraction of sp³-hybridized carbons (Fsp3) is 0.333. The molecule has 0 amide bonds. The molecule has 118 valence electrons. The molecule has 1 aliphatic rings. The number of hydrogen-bond acceptors (Lipinski definition) is 2. The SMILES string of the molecule is OCC1CCCCN1Cc1c2ccccc2cc2ccccc12. The number of aliphatic hydroxyl groups excluding tert-OH is 1. The van der Waals surface area contributed by atoms with E-state index in [4.69, 9.17) is 0 Å². The zero-order valence-electron chi connectivity index (χ0n) is 13.4. The van der Waals surface area contributed by atoms with Crippen LogP contribution in [0.2, 0.25) is 0 Å². The van der Waals surface area contributed by atoms with Gasteiger partial charge in [0.05, 0.1) is 6.61 Å². The minimum absolute atomic E-state index is 0.267. The van der Waals surface area contributed by atoms with Crippen LogP contribution in [0.3, 0.4) is 0 Å². The Bertz CT molecular complexity index is 772. The lowest BCUT2D eigenvalue weighted by molar-refractivity contribution is 0.0848. The fourth-order valence-corrected chi connectivity index (χ4v) is 3.96. The maximum absolute atomic E-state index is 9.72. The third-order valence-electron chi connectivity index (χ3n) is 5.20. The molecule has 0 saturated carbocycles. The predicted molar refractivity (Wildman–Crippen MR) is 96.6 cm³/mol. The van der Waals surface area contributed by atoms with E-state index in [1.54, 1.807) is 0 Å². The standard InChI is InChI=1S/C21H23NO/c23-15-18-9-5-6-12-22(18)14-21-19-10-3-1-7-16(19)13-17-8-2-4-11-20(17)21/h1-4,7-8,10-11,13,18,23H,5-6,9,12,14-15H2. The minimum atomic E-state index is 0.267. The number of fused-ring (bicyclic) bond motifs is 2.